The highest BCUT2D eigenvalue weighted by molar-refractivity contribution is 5.88. The fourth-order valence-corrected chi connectivity index (χ4v) is 3.23. The number of nitrogen functional groups attached to an aromatic ring is 1. The number of ether oxygens (including phenoxy) is 1. The zero-order chi connectivity index (χ0) is 16.4. The van der Waals surface area contributed by atoms with Gasteiger partial charge in [0.15, 0.2) is 5.82 Å². The van der Waals surface area contributed by atoms with Crippen LogP contribution in [0.4, 0.5) is 11.5 Å². The van der Waals surface area contributed by atoms with Crippen LogP contribution in [-0.4, -0.2) is 16.0 Å². The highest BCUT2D eigenvalue weighted by Gasteiger charge is 2.18. The van der Waals surface area contributed by atoms with E-state index in [0.29, 0.717) is 23.4 Å². The smallest absolute Gasteiger partial charge is 0.248 e. The van der Waals surface area contributed by atoms with Gasteiger partial charge in [-0.15, -0.1) is 0 Å². The van der Waals surface area contributed by atoms with Crippen LogP contribution in [0.25, 0.3) is 10.8 Å². The summed E-state index contributed by atoms with van der Waals surface area (Å²) in [6, 6.07) is 14.5. The predicted molar refractivity (Wildman–Crippen MR) is 96.3 cm³/mol. The van der Waals surface area contributed by atoms with E-state index in [1.165, 1.54) is 19.2 Å². The van der Waals surface area contributed by atoms with Crippen molar-refractivity contribution < 1.29 is 4.74 Å². The normalized spacial score (nSPS) is 14.8. The molecule has 0 amide bonds. The van der Waals surface area contributed by atoms with E-state index in [0.717, 1.165) is 29.4 Å². The second-order valence-corrected chi connectivity index (χ2v) is 6.15. The van der Waals surface area contributed by atoms with Crippen LogP contribution >= 0.6 is 0 Å². The molecular formula is C19H20N4O. The minimum absolute atomic E-state index is 0.391. The molecule has 1 saturated carbocycles. The molecule has 1 heterocycles. The maximum Gasteiger partial charge on any atom is 0.248 e. The quantitative estimate of drug-likeness (QED) is 0.747. The van der Waals surface area contributed by atoms with Gasteiger partial charge in [-0.1, -0.05) is 49.2 Å². The Kier molecular flexibility index (Phi) is 3.91. The van der Waals surface area contributed by atoms with E-state index in [9.17, 15) is 0 Å². The number of rotatable bonds is 4. The predicted octanol–water partition coefficient (Wildman–Crippen LogP) is 4.36. The van der Waals surface area contributed by atoms with E-state index in [-0.39, 0.29) is 0 Å². The molecule has 0 saturated heterocycles. The second-order valence-electron chi connectivity index (χ2n) is 6.15. The molecule has 4 rings (SSSR count). The Hall–Kier alpha value is -2.82. The van der Waals surface area contributed by atoms with E-state index in [4.69, 9.17) is 10.5 Å². The molecular weight excluding hydrogens is 300 g/mol. The minimum Gasteiger partial charge on any atom is -0.436 e. The van der Waals surface area contributed by atoms with Gasteiger partial charge in [-0.05, 0) is 24.3 Å². The van der Waals surface area contributed by atoms with Crippen LogP contribution in [0.5, 0.6) is 11.6 Å². The lowest BCUT2D eigenvalue weighted by Gasteiger charge is -2.16. The summed E-state index contributed by atoms with van der Waals surface area (Å²) >= 11 is 0. The van der Waals surface area contributed by atoms with Crippen molar-refractivity contribution in [2.45, 2.75) is 31.7 Å². The SMILES string of the molecule is Nc1c(NC2CCCC2)ncnc1Oc1cccc2ccccc12. The second kappa shape index (κ2) is 6.35. The van der Waals surface area contributed by atoms with Gasteiger partial charge in [0.1, 0.15) is 17.8 Å². The molecule has 3 aromatic rings. The summed E-state index contributed by atoms with van der Waals surface area (Å²) in [6.07, 6.45) is 6.31. The van der Waals surface area contributed by atoms with E-state index in [1.807, 2.05) is 30.3 Å². The number of hydrogen-bond acceptors (Lipinski definition) is 5. The van der Waals surface area contributed by atoms with Gasteiger partial charge < -0.3 is 15.8 Å². The number of nitrogens with two attached hydrogens (primary N) is 1. The van der Waals surface area contributed by atoms with Gasteiger partial charge in [0.25, 0.3) is 0 Å². The van der Waals surface area contributed by atoms with Crippen LogP contribution in [0.2, 0.25) is 0 Å². The van der Waals surface area contributed by atoms with Crippen LogP contribution in [0.1, 0.15) is 25.7 Å². The van der Waals surface area contributed by atoms with E-state index >= 15 is 0 Å². The summed E-state index contributed by atoms with van der Waals surface area (Å²) in [5.41, 5.74) is 6.70. The lowest BCUT2D eigenvalue weighted by molar-refractivity contribution is 0.469. The molecule has 1 aliphatic rings. The van der Waals surface area contributed by atoms with E-state index in [1.54, 1.807) is 0 Å². The molecule has 1 fully saturated rings. The Morgan fingerprint density at radius 3 is 2.67 bits per heavy atom. The molecule has 0 atom stereocenters. The number of nitrogens with zero attached hydrogens (tertiary/aromatic N) is 2. The van der Waals surface area contributed by atoms with Crippen molar-refractivity contribution in [1.82, 2.24) is 9.97 Å². The van der Waals surface area contributed by atoms with Crippen molar-refractivity contribution >= 4 is 22.3 Å². The highest BCUT2D eigenvalue weighted by Crippen LogP contribution is 2.34. The Morgan fingerprint density at radius 2 is 1.79 bits per heavy atom. The van der Waals surface area contributed by atoms with Gasteiger partial charge in [-0.25, -0.2) is 4.98 Å². The fraction of sp³-hybridized carbons (Fsp3) is 0.263. The molecule has 0 bridgehead atoms. The third kappa shape index (κ3) is 2.85. The summed E-state index contributed by atoms with van der Waals surface area (Å²) in [5, 5.41) is 5.56. The summed E-state index contributed by atoms with van der Waals surface area (Å²) in [5.74, 6) is 1.79. The molecule has 0 spiro atoms. The summed E-state index contributed by atoms with van der Waals surface area (Å²) in [7, 11) is 0. The van der Waals surface area contributed by atoms with Crippen LogP contribution in [-0.2, 0) is 0 Å². The van der Waals surface area contributed by atoms with Gasteiger partial charge in [-0.2, -0.15) is 4.98 Å². The number of fused-ring (bicyclic) bond motifs is 1. The third-order valence-electron chi connectivity index (χ3n) is 4.50. The zero-order valence-corrected chi connectivity index (χ0v) is 13.4. The van der Waals surface area contributed by atoms with Crippen molar-refractivity contribution in [2.24, 2.45) is 0 Å². The number of anilines is 2. The molecule has 0 unspecified atom stereocenters. The lowest BCUT2D eigenvalue weighted by Crippen LogP contribution is -2.17. The Balaban J connectivity index is 1.64. The first-order chi connectivity index (χ1) is 11.8. The average molecular weight is 320 g/mol. The van der Waals surface area contributed by atoms with Crippen LogP contribution in [0, 0.1) is 0 Å². The number of benzene rings is 2. The fourth-order valence-electron chi connectivity index (χ4n) is 3.23. The third-order valence-corrected chi connectivity index (χ3v) is 4.50. The molecule has 1 aliphatic carbocycles. The molecule has 0 aliphatic heterocycles. The van der Waals surface area contributed by atoms with Crippen molar-refractivity contribution in [2.75, 3.05) is 11.1 Å². The summed E-state index contributed by atoms with van der Waals surface area (Å²) in [4.78, 5) is 8.50. The monoisotopic (exact) mass is 320 g/mol. The van der Waals surface area contributed by atoms with Gasteiger partial charge in [0.05, 0.1) is 0 Å². The Bertz CT molecular complexity index is 854. The van der Waals surface area contributed by atoms with Crippen LogP contribution in [0.3, 0.4) is 0 Å². The Labute approximate surface area is 140 Å². The van der Waals surface area contributed by atoms with Gasteiger partial charge in [0, 0.05) is 11.4 Å². The first-order valence-corrected chi connectivity index (χ1v) is 8.34. The largest absolute Gasteiger partial charge is 0.436 e. The van der Waals surface area contributed by atoms with E-state index in [2.05, 4.69) is 27.4 Å². The molecule has 2 aromatic carbocycles. The topological polar surface area (TPSA) is 73.1 Å². The van der Waals surface area contributed by atoms with Crippen LogP contribution < -0.4 is 15.8 Å². The number of aromatic nitrogens is 2. The molecule has 1 aromatic heterocycles. The summed E-state index contributed by atoms with van der Waals surface area (Å²) < 4.78 is 6.01. The standard InChI is InChI=1S/C19H20N4O/c20-17-18(23-14-8-2-3-9-14)21-12-22-19(17)24-16-11-5-7-13-6-1-4-10-15(13)16/h1,4-7,10-12,14H,2-3,8-9,20H2,(H,21,22,23). The maximum atomic E-state index is 6.24. The zero-order valence-electron chi connectivity index (χ0n) is 13.4. The average Bonchev–Trinajstić information content (AvgIpc) is 3.12. The molecule has 3 N–H and O–H groups in total. The highest BCUT2D eigenvalue weighted by atomic mass is 16.5. The number of nitrogens with one attached hydrogen (secondary N) is 1. The van der Waals surface area contributed by atoms with Crippen molar-refractivity contribution in [3.05, 3.63) is 48.8 Å². The summed E-state index contributed by atoms with van der Waals surface area (Å²) in [6.45, 7) is 0. The van der Waals surface area contributed by atoms with Crippen molar-refractivity contribution in [3.8, 4) is 11.6 Å². The first kappa shape index (κ1) is 14.8. The van der Waals surface area contributed by atoms with Crippen LogP contribution in [0.15, 0.2) is 48.8 Å². The maximum absolute atomic E-state index is 6.24. The van der Waals surface area contributed by atoms with Gasteiger partial charge in [-0.3, -0.25) is 0 Å². The molecule has 0 radical (unpaired) electrons. The first-order valence-electron chi connectivity index (χ1n) is 8.34. The van der Waals surface area contributed by atoms with Crippen molar-refractivity contribution in [3.63, 3.8) is 0 Å². The minimum atomic E-state index is 0.391. The number of hydrogen-bond donors (Lipinski definition) is 2. The van der Waals surface area contributed by atoms with E-state index < -0.39 is 0 Å². The van der Waals surface area contributed by atoms with Gasteiger partial charge >= 0.3 is 0 Å². The Morgan fingerprint density at radius 1 is 1.00 bits per heavy atom. The molecule has 24 heavy (non-hydrogen) atoms. The van der Waals surface area contributed by atoms with Crippen molar-refractivity contribution in [1.29, 1.82) is 0 Å². The molecule has 5 heteroatoms. The molecule has 5 nitrogen and oxygen atoms in total. The lowest BCUT2D eigenvalue weighted by atomic mass is 10.1. The van der Waals surface area contributed by atoms with Gasteiger partial charge in [0.2, 0.25) is 5.88 Å². The molecule has 122 valence electrons.